The van der Waals surface area contributed by atoms with Crippen LogP contribution in [0.2, 0.25) is 0 Å². The van der Waals surface area contributed by atoms with Gasteiger partial charge in [-0.05, 0) is 24.5 Å². The van der Waals surface area contributed by atoms with Crippen LogP contribution in [-0.2, 0) is 0 Å². The summed E-state index contributed by atoms with van der Waals surface area (Å²) in [6.07, 6.45) is 2.54. The monoisotopic (exact) mass is 242 g/mol. The second-order valence-corrected chi connectivity index (χ2v) is 4.68. The van der Waals surface area contributed by atoms with Crippen LogP contribution in [0.4, 0.5) is 8.78 Å². The standard InChI is InChI=1S/C13H20F2N2/c1-9(2)5-3-8-12(17-16)13-10(14)6-4-7-11(13)15/h4,6-7,9,12,17H,3,5,8,16H2,1-2H3. The molecule has 1 aromatic carbocycles. The Morgan fingerprint density at radius 2 is 1.76 bits per heavy atom. The third-order valence-electron chi connectivity index (χ3n) is 2.82. The first-order chi connectivity index (χ1) is 8.06. The van der Waals surface area contributed by atoms with Crippen molar-refractivity contribution < 1.29 is 8.78 Å². The molecule has 2 nitrogen and oxygen atoms in total. The number of nitrogens with two attached hydrogens (primary N) is 1. The molecule has 0 saturated heterocycles. The normalized spacial score (nSPS) is 13.1. The van der Waals surface area contributed by atoms with Crippen molar-refractivity contribution in [1.82, 2.24) is 5.43 Å². The molecule has 0 saturated carbocycles. The van der Waals surface area contributed by atoms with Gasteiger partial charge < -0.3 is 0 Å². The summed E-state index contributed by atoms with van der Waals surface area (Å²) in [4.78, 5) is 0. The van der Waals surface area contributed by atoms with Crippen LogP contribution in [-0.4, -0.2) is 0 Å². The van der Waals surface area contributed by atoms with Crippen LogP contribution in [0.15, 0.2) is 18.2 Å². The largest absolute Gasteiger partial charge is 0.271 e. The predicted octanol–water partition coefficient (Wildman–Crippen LogP) is 3.30. The van der Waals surface area contributed by atoms with Crippen molar-refractivity contribution in [3.05, 3.63) is 35.4 Å². The van der Waals surface area contributed by atoms with Gasteiger partial charge in [0.1, 0.15) is 11.6 Å². The summed E-state index contributed by atoms with van der Waals surface area (Å²) >= 11 is 0. The molecule has 1 aromatic rings. The van der Waals surface area contributed by atoms with Crippen LogP contribution in [0.1, 0.15) is 44.7 Å². The second-order valence-electron chi connectivity index (χ2n) is 4.68. The van der Waals surface area contributed by atoms with E-state index in [0.29, 0.717) is 12.3 Å². The van der Waals surface area contributed by atoms with Crippen molar-refractivity contribution in [3.8, 4) is 0 Å². The summed E-state index contributed by atoms with van der Waals surface area (Å²) in [5.74, 6) is 4.87. The molecular weight excluding hydrogens is 222 g/mol. The van der Waals surface area contributed by atoms with E-state index in [4.69, 9.17) is 5.84 Å². The van der Waals surface area contributed by atoms with E-state index in [9.17, 15) is 8.78 Å². The van der Waals surface area contributed by atoms with E-state index in [2.05, 4.69) is 19.3 Å². The molecular formula is C13H20F2N2. The van der Waals surface area contributed by atoms with E-state index in [-0.39, 0.29) is 5.56 Å². The minimum atomic E-state index is -0.544. The minimum Gasteiger partial charge on any atom is -0.271 e. The molecule has 4 heteroatoms. The van der Waals surface area contributed by atoms with Crippen molar-refractivity contribution in [2.75, 3.05) is 0 Å². The molecule has 0 aliphatic heterocycles. The Morgan fingerprint density at radius 1 is 1.18 bits per heavy atom. The number of hydrazine groups is 1. The van der Waals surface area contributed by atoms with E-state index >= 15 is 0 Å². The molecule has 0 aliphatic carbocycles. The Hall–Kier alpha value is -1.00. The highest BCUT2D eigenvalue weighted by molar-refractivity contribution is 5.23. The van der Waals surface area contributed by atoms with Gasteiger partial charge in [-0.1, -0.05) is 32.8 Å². The minimum absolute atomic E-state index is 0.0405. The van der Waals surface area contributed by atoms with Crippen molar-refractivity contribution in [1.29, 1.82) is 0 Å². The summed E-state index contributed by atoms with van der Waals surface area (Å²) < 4.78 is 27.1. The lowest BCUT2D eigenvalue weighted by atomic mass is 9.98. The number of benzene rings is 1. The zero-order valence-corrected chi connectivity index (χ0v) is 10.3. The third kappa shape index (κ3) is 4.06. The first kappa shape index (κ1) is 14.1. The Balaban J connectivity index is 2.72. The third-order valence-corrected chi connectivity index (χ3v) is 2.82. The second kappa shape index (κ2) is 6.67. The van der Waals surface area contributed by atoms with Crippen molar-refractivity contribution in [2.45, 2.75) is 39.2 Å². The summed E-state index contributed by atoms with van der Waals surface area (Å²) in [5, 5.41) is 0. The molecule has 1 atom stereocenters. The maximum atomic E-state index is 13.5. The predicted molar refractivity (Wildman–Crippen MR) is 65.1 cm³/mol. The number of hydrogen-bond donors (Lipinski definition) is 2. The first-order valence-corrected chi connectivity index (χ1v) is 5.96. The fourth-order valence-electron chi connectivity index (χ4n) is 1.88. The Kier molecular flexibility index (Phi) is 5.51. The first-order valence-electron chi connectivity index (χ1n) is 5.96. The molecule has 0 fully saturated rings. The number of hydrogen-bond acceptors (Lipinski definition) is 2. The van der Waals surface area contributed by atoms with Crippen molar-refractivity contribution in [2.24, 2.45) is 11.8 Å². The molecule has 96 valence electrons. The van der Waals surface area contributed by atoms with E-state index in [0.717, 1.165) is 12.8 Å². The maximum absolute atomic E-state index is 13.5. The summed E-state index contributed by atoms with van der Waals surface area (Å²) in [6.45, 7) is 4.24. The van der Waals surface area contributed by atoms with Crippen molar-refractivity contribution >= 4 is 0 Å². The van der Waals surface area contributed by atoms with Gasteiger partial charge in [-0.25, -0.2) is 8.78 Å². The van der Waals surface area contributed by atoms with Crippen LogP contribution in [0, 0.1) is 17.6 Å². The Morgan fingerprint density at radius 3 is 2.24 bits per heavy atom. The van der Waals surface area contributed by atoms with Gasteiger partial charge in [0.05, 0.1) is 6.04 Å². The fourth-order valence-corrected chi connectivity index (χ4v) is 1.88. The molecule has 17 heavy (non-hydrogen) atoms. The SMILES string of the molecule is CC(C)CCCC(NN)c1c(F)cccc1F. The molecule has 1 rings (SSSR count). The molecule has 0 aromatic heterocycles. The zero-order valence-electron chi connectivity index (χ0n) is 10.3. The highest BCUT2D eigenvalue weighted by Crippen LogP contribution is 2.25. The van der Waals surface area contributed by atoms with Gasteiger partial charge >= 0.3 is 0 Å². The molecule has 0 radical (unpaired) electrons. The number of halogens is 2. The average molecular weight is 242 g/mol. The van der Waals surface area contributed by atoms with Crippen LogP contribution < -0.4 is 11.3 Å². The van der Waals surface area contributed by atoms with Gasteiger partial charge in [0.15, 0.2) is 0 Å². The number of rotatable bonds is 6. The van der Waals surface area contributed by atoms with Gasteiger partial charge in [-0.15, -0.1) is 0 Å². The fraction of sp³-hybridized carbons (Fsp3) is 0.538. The van der Waals surface area contributed by atoms with E-state index < -0.39 is 17.7 Å². The van der Waals surface area contributed by atoms with Gasteiger partial charge in [-0.2, -0.15) is 0 Å². The van der Waals surface area contributed by atoms with Gasteiger partial charge in [0.2, 0.25) is 0 Å². The van der Waals surface area contributed by atoms with Crippen LogP contribution in [0.25, 0.3) is 0 Å². The van der Waals surface area contributed by atoms with Gasteiger partial charge in [-0.3, -0.25) is 11.3 Å². The lowest BCUT2D eigenvalue weighted by Gasteiger charge is -2.18. The topological polar surface area (TPSA) is 38.0 Å². The van der Waals surface area contributed by atoms with Crippen LogP contribution in [0.3, 0.4) is 0 Å². The van der Waals surface area contributed by atoms with Crippen LogP contribution >= 0.6 is 0 Å². The summed E-state index contributed by atoms with van der Waals surface area (Å²) in [6, 6.07) is 3.40. The maximum Gasteiger partial charge on any atom is 0.130 e. The Labute approximate surface area is 101 Å². The zero-order chi connectivity index (χ0) is 12.8. The van der Waals surface area contributed by atoms with Crippen LogP contribution in [0.5, 0.6) is 0 Å². The molecule has 0 aliphatic rings. The molecule has 3 N–H and O–H groups in total. The summed E-state index contributed by atoms with van der Waals surface area (Å²) in [5.41, 5.74) is 2.53. The molecule has 0 bridgehead atoms. The lowest BCUT2D eigenvalue weighted by Crippen LogP contribution is -2.29. The van der Waals surface area contributed by atoms with E-state index in [1.165, 1.54) is 18.2 Å². The van der Waals surface area contributed by atoms with E-state index in [1.807, 2.05) is 0 Å². The summed E-state index contributed by atoms with van der Waals surface area (Å²) in [7, 11) is 0. The smallest absolute Gasteiger partial charge is 0.130 e. The quantitative estimate of drug-likeness (QED) is 0.593. The molecule has 0 heterocycles. The van der Waals surface area contributed by atoms with Gasteiger partial charge in [0, 0.05) is 5.56 Å². The Bertz CT molecular complexity index is 333. The van der Waals surface area contributed by atoms with Gasteiger partial charge in [0.25, 0.3) is 0 Å². The molecule has 0 amide bonds. The average Bonchev–Trinajstić information content (AvgIpc) is 2.26. The molecule has 0 spiro atoms. The molecule has 1 unspecified atom stereocenters. The van der Waals surface area contributed by atoms with Crippen molar-refractivity contribution in [3.63, 3.8) is 0 Å². The number of nitrogens with one attached hydrogen (secondary N) is 1. The lowest BCUT2D eigenvalue weighted by molar-refractivity contribution is 0.423. The van der Waals surface area contributed by atoms with E-state index in [1.54, 1.807) is 0 Å². The highest BCUT2D eigenvalue weighted by Gasteiger charge is 2.18. The highest BCUT2D eigenvalue weighted by atomic mass is 19.1.